The third-order valence-electron chi connectivity index (χ3n) is 3.97. The Hall–Kier alpha value is -2.56. The van der Waals surface area contributed by atoms with Crippen molar-refractivity contribution in [1.29, 1.82) is 5.26 Å². The fourth-order valence-corrected chi connectivity index (χ4v) is 3.17. The van der Waals surface area contributed by atoms with E-state index in [0.717, 1.165) is 4.57 Å². The fourth-order valence-electron chi connectivity index (χ4n) is 2.82. The monoisotopic (exact) mass is 378 g/mol. The van der Waals surface area contributed by atoms with E-state index in [1.165, 1.54) is 4.57 Å². The van der Waals surface area contributed by atoms with E-state index in [4.69, 9.17) is 23.2 Å². The van der Waals surface area contributed by atoms with Crippen LogP contribution in [0.2, 0.25) is 10.0 Å². The molecular weight excluding hydrogens is 367 g/mol. The van der Waals surface area contributed by atoms with Gasteiger partial charge in [0.25, 0.3) is 5.56 Å². The van der Waals surface area contributed by atoms with Gasteiger partial charge in [0.1, 0.15) is 18.2 Å². The first-order valence-electron chi connectivity index (χ1n) is 7.44. The number of halogens is 2. The molecule has 0 saturated carbocycles. The van der Waals surface area contributed by atoms with E-state index in [0.29, 0.717) is 25.1 Å². The molecule has 128 valence electrons. The van der Waals surface area contributed by atoms with Gasteiger partial charge in [-0.1, -0.05) is 29.3 Å². The van der Waals surface area contributed by atoms with Crippen molar-refractivity contribution in [1.82, 2.24) is 9.13 Å². The number of nitrogens with zero attached hydrogens (tertiary/aromatic N) is 3. The van der Waals surface area contributed by atoms with Crippen LogP contribution in [0.5, 0.6) is 0 Å². The molecule has 7 nitrogen and oxygen atoms in total. The first-order chi connectivity index (χ1) is 11.9. The number of hydrogen-bond donors (Lipinski definition) is 1. The van der Waals surface area contributed by atoms with E-state index in [-0.39, 0.29) is 21.3 Å². The van der Waals surface area contributed by atoms with Crippen LogP contribution >= 0.6 is 23.2 Å². The van der Waals surface area contributed by atoms with Crippen molar-refractivity contribution in [3.8, 4) is 6.07 Å². The number of fused-ring (bicyclic) bond motifs is 1. The summed E-state index contributed by atoms with van der Waals surface area (Å²) >= 11 is 11.9. The predicted molar refractivity (Wildman–Crippen MR) is 93.1 cm³/mol. The molecule has 1 aliphatic heterocycles. The molecule has 0 unspecified atom stereocenters. The zero-order valence-electron chi connectivity index (χ0n) is 12.9. The van der Waals surface area contributed by atoms with Gasteiger partial charge >= 0.3 is 5.69 Å². The number of carbonyl (C=O) groups excluding carboxylic acids is 1. The molecule has 0 fully saturated rings. The molecule has 1 aliphatic rings. The molecule has 1 N–H and O–H groups in total. The van der Waals surface area contributed by atoms with Crippen LogP contribution < -0.4 is 16.6 Å². The average molecular weight is 379 g/mol. The minimum atomic E-state index is -0.756. The Morgan fingerprint density at radius 3 is 2.80 bits per heavy atom. The summed E-state index contributed by atoms with van der Waals surface area (Å²) in [5.41, 5.74) is -0.733. The molecule has 2 aromatic rings. The third-order valence-corrected chi connectivity index (χ3v) is 4.79. The summed E-state index contributed by atoms with van der Waals surface area (Å²) in [5, 5.41) is 12.2. The smallest absolute Gasteiger partial charge is 0.323 e. The number of hydrogen-bond acceptors (Lipinski definition) is 4. The van der Waals surface area contributed by atoms with Gasteiger partial charge in [-0.15, -0.1) is 0 Å². The van der Waals surface area contributed by atoms with E-state index in [1.807, 2.05) is 6.07 Å². The van der Waals surface area contributed by atoms with Gasteiger partial charge in [-0.3, -0.25) is 14.2 Å². The van der Waals surface area contributed by atoms with Crippen LogP contribution in [0.1, 0.15) is 17.7 Å². The van der Waals surface area contributed by atoms with Gasteiger partial charge in [0.2, 0.25) is 5.91 Å². The Balaban J connectivity index is 1.95. The highest BCUT2D eigenvalue weighted by molar-refractivity contribution is 6.43. The number of nitriles is 1. The number of anilines is 1. The second kappa shape index (κ2) is 6.75. The van der Waals surface area contributed by atoms with E-state index < -0.39 is 23.7 Å². The summed E-state index contributed by atoms with van der Waals surface area (Å²) in [6, 6.07) is 6.56. The van der Waals surface area contributed by atoms with Crippen molar-refractivity contribution in [2.75, 3.05) is 5.32 Å². The summed E-state index contributed by atoms with van der Waals surface area (Å²) in [6.07, 6.45) is 1.18. The molecule has 0 bridgehead atoms. The summed E-state index contributed by atoms with van der Waals surface area (Å²) in [6.45, 7) is -0.0969. The first kappa shape index (κ1) is 17.3. The lowest BCUT2D eigenvalue weighted by Crippen LogP contribution is -2.44. The predicted octanol–water partition coefficient (Wildman–Crippen LogP) is 1.77. The van der Waals surface area contributed by atoms with Gasteiger partial charge < -0.3 is 5.32 Å². The second-order valence-electron chi connectivity index (χ2n) is 5.51. The highest BCUT2D eigenvalue weighted by atomic mass is 35.5. The van der Waals surface area contributed by atoms with Gasteiger partial charge in [0.05, 0.1) is 15.7 Å². The minimum absolute atomic E-state index is 0.0920. The zero-order chi connectivity index (χ0) is 18.1. The van der Waals surface area contributed by atoms with Gasteiger partial charge in [-0.05, 0) is 25.0 Å². The van der Waals surface area contributed by atoms with Gasteiger partial charge in [-0.25, -0.2) is 9.36 Å². The van der Waals surface area contributed by atoms with Crippen molar-refractivity contribution < 1.29 is 4.79 Å². The van der Waals surface area contributed by atoms with Crippen molar-refractivity contribution in [2.45, 2.75) is 25.9 Å². The molecule has 0 aliphatic carbocycles. The summed E-state index contributed by atoms with van der Waals surface area (Å²) in [5.74, 6) is -0.620. The Labute approximate surface area is 152 Å². The molecule has 25 heavy (non-hydrogen) atoms. The Morgan fingerprint density at radius 2 is 2.08 bits per heavy atom. The maximum atomic E-state index is 12.4. The van der Waals surface area contributed by atoms with Crippen LogP contribution in [0.25, 0.3) is 0 Å². The second-order valence-corrected chi connectivity index (χ2v) is 6.30. The molecule has 9 heteroatoms. The quantitative estimate of drug-likeness (QED) is 0.879. The molecule has 2 heterocycles. The van der Waals surface area contributed by atoms with Crippen LogP contribution in [0.15, 0.2) is 27.8 Å². The number of carbonyl (C=O) groups is 1. The van der Waals surface area contributed by atoms with E-state index in [2.05, 4.69) is 5.32 Å². The van der Waals surface area contributed by atoms with Crippen molar-refractivity contribution in [2.24, 2.45) is 0 Å². The first-order valence-corrected chi connectivity index (χ1v) is 8.20. The largest absolute Gasteiger partial charge is 0.331 e. The molecule has 1 aromatic carbocycles. The highest BCUT2D eigenvalue weighted by Crippen LogP contribution is 2.29. The topological polar surface area (TPSA) is 96.9 Å². The molecule has 0 atom stereocenters. The highest BCUT2D eigenvalue weighted by Gasteiger charge is 2.23. The normalized spacial score (nSPS) is 12.5. The van der Waals surface area contributed by atoms with Gasteiger partial charge in [0, 0.05) is 12.2 Å². The van der Waals surface area contributed by atoms with E-state index in [1.54, 1.807) is 18.2 Å². The molecule has 1 aromatic heterocycles. The Bertz CT molecular complexity index is 1030. The van der Waals surface area contributed by atoms with Crippen molar-refractivity contribution >= 4 is 34.8 Å². The molecule has 0 spiro atoms. The van der Waals surface area contributed by atoms with E-state index in [9.17, 15) is 19.6 Å². The standard InChI is InChI=1S/C16H12Cl2N4O3/c17-10-3-1-4-11(14(10)18)20-13(23)8-22-15(24)9(7-19)12-5-2-6-21(12)16(22)25/h1,3-4H,2,5-6,8H2,(H,20,23). The number of rotatable bonds is 3. The van der Waals surface area contributed by atoms with Crippen molar-refractivity contribution in [3.05, 3.63) is 60.3 Å². The summed E-state index contributed by atoms with van der Waals surface area (Å²) in [4.78, 5) is 37.1. The van der Waals surface area contributed by atoms with Crippen LogP contribution in [-0.2, 0) is 24.3 Å². The van der Waals surface area contributed by atoms with Crippen LogP contribution in [-0.4, -0.2) is 15.0 Å². The maximum Gasteiger partial charge on any atom is 0.331 e. The number of aromatic nitrogens is 2. The lowest BCUT2D eigenvalue weighted by molar-refractivity contribution is -0.116. The van der Waals surface area contributed by atoms with Crippen molar-refractivity contribution in [3.63, 3.8) is 0 Å². The lowest BCUT2D eigenvalue weighted by atomic mass is 10.2. The summed E-state index contributed by atoms with van der Waals surface area (Å²) < 4.78 is 2.14. The van der Waals surface area contributed by atoms with Gasteiger partial charge in [-0.2, -0.15) is 5.26 Å². The minimum Gasteiger partial charge on any atom is -0.323 e. The maximum absolute atomic E-state index is 12.4. The Morgan fingerprint density at radius 1 is 1.32 bits per heavy atom. The zero-order valence-corrected chi connectivity index (χ0v) is 14.4. The molecule has 1 amide bonds. The number of benzene rings is 1. The SMILES string of the molecule is N#Cc1c2n(c(=O)n(CC(=O)Nc3cccc(Cl)c3Cl)c1=O)CCC2. The summed E-state index contributed by atoms with van der Waals surface area (Å²) in [7, 11) is 0. The molecule has 0 radical (unpaired) electrons. The molecular formula is C16H12Cl2N4O3. The van der Waals surface area contributed by atoms with Gasteiger partial charge in [0.15, 0.2) is 0 Å². The Kier molecular flexibility index (Phi) is 4.66. The number of nitrogens with one attached hydrogen (secondary N) is 1. The van der Waals surface area contributed by atoms with Crippen LogP contribution in [0.3, 0.4) is 0 Å². The molecule has 3 rings (SSSR count). The van der Waals surface area contributed by atoms with Crippen LogP contribution in [0, 0.1) is 11.3 Å². The average Bonchev–Trinajstić information content (AvgIpc) is 3.06. The van der Waals surface area contributed by atoms with E-state index >= 15 is 0 Å². The third kappa shape index (κ3) is 3.06. The lowest BCUT2D eigenvalue weighted by Gasteiger charge is -2.12. The molecule has 0 saturated heterocycles. The number of amides is 1. The fraction of sp³-hybridized carbons (Fsp3) is 0.250. The van der Waals surface area contributed by atoms with Crippen LogP contribution in [0.4, 0.5) is 5.69 Å².